The van der Waals surface area contributed by atoms with E-state index in [4.69, 9.17) is 14.7 Å². The van der Waals surface area contributed by atoms with Crippen LogP contribution in [0.25, 0.3) is 77.8 Å². The number of hydrogen-bond donors (Lipinski definition) is 0. The van der Waals surface area contributed by atoms with Crippen LogP contribution in [0, 0.1) is 13.0 Å². The molecular weight excluding hydrogens is 820 g/mol. The minimum Gasteiger partial charge on any atom is -0.497 e. The van der Waals surface area contributed by atoms with E-state index in [1.165, 1.54) is 11.1 Å². The van der Waals surface area contributed by atoms with Crippen molar-refractivity contribution in [1.29, 1.82) is 0 Å². The fourth-order valence-corrected chi connectivity index (χ4v) is 7.49. The van der Waals surface area contributed by atoms with E-state index >= 15 is 0 Å². The van der Waals surface area contributed by atoms with Gasteiger partial charge in [-0.05, 0) is 65.4 Å². The average molecular weight is 857 g/mol. The Hall–Kier alpha value is -5.51. The summed E-state index contributed by atoms with van der Waals surface area (Å²) in [5.74, 6) is 1.66. The van der Waals surface area contributed by atoms with Crippen LogP contribution in [0.4, 0.5) is 0 Å². The molecule has 5 nitrogen and oxygen atoms in total. The summed E-state index contributed by atoms with van der Waals surface area (Å²) < 4.78 is 10.1. The van der Waals surface area contributed by atoms with Gasteiger partial charge in [0.05, 0.1) is 23.8 Å². The summed E-state index contributed by atoms with van der Waals surface area (Å²) in [5.41, 5.74) is 11.4. The first-order valence-electron chi connectivity index (χ1n) is 17.4. The fourth-order valence-electron chi connectivity index (χ4n) is 7.49. The molecule has 0 aliphatic rings. The second kappa shape index (κ2) is 12.9. The van der Waals surface area contributed by atoms with Gasteiger partial charge in [0.1, 0.15) is 22.9 Å². The van der Waals surface area contributed by atoms with E-state index < -0.39 is 0 Å². The molecule has 0 aliphatic carbocycles. The molecule has 0 spiro atoms. The maximum absolute atomic E-state index is 5.68. The van der Waals surface area contributed by atoms with Crippen LogP contribution in [0.15, 0.2) is 133 Å². The van der Waals surface area contributed by atoms with Crippen LogP contribution in [0.2, 0.25) is 0 Å². The Labute approximate surface area is 317 Å². The quantitative estimate of drug-likeness (QED) is 0.162. The van der Waals surface area contributed by atoms with Crippen molar-refractivity contribution >= 4 is 43.9 Å². The Morgan fingerprint density at radius 3 is 1.90 bits per heavy atom. The first-order valence-corrected chi connectivity index (χ1v) is 17.4. The molecule has 0 atom stereocenters. The summed E-state index contributed by atoms with van der Waals surface area (Å²) in [5, 5.41) is 4.44. The monoisotopic (exact) mass is 856 g/mol. The molecule has 4 aromatic heterocycles. The van der Waals surface area contributed by atoms with E-state index in [-0.39, 0.29) is 26.5 Å². The molecule has 0 saturated heterocycles. The molecule has 0 saturated carbocycles. The molecule has 0 fully saturated rings. The van der Waals surface area contributed by atoms with Crippen molar-refractivity contribution < 1.29 is 25.8 Å². The van der Waals surface area contributed by atoms with Gasteiger partial charge in [-0.15, -0.1) is 6.07 Å². The minimum atomic E-state index is -0.113. The summed E-state index contributed by atoms with van der Waals surface area (Å²) in [4.78, 5) is 11.1. The SMILES string of the molecule is COc1ccc(-c2c3c4ccccc4n(-c4[c-]cccc4)c3nc3c2c2ccccc2n3-c2cc(C(C)(C)C)cc(-c3ccccc3C)n2)cc1.[Pt]. The van der Waals surface area contributed by atoms with Crippen LogP contribution in [0.1, 0.15) is 31.9 Å². The predicted octanol–water partition coefficient (Wildman–Crippen LogP) is 11.4. The van der Waals surface area contributed by atoms with E-state index in [0.717, 1.165) is 83.5 Å². The largest absolute Gasteiger partial charge is 0.497 e. The molecule has 4 heterocycles. The van der Waals surface area contributed by atoms with Crippen molar-refractivity contribution in [2.75, 3.05) is 7.11 Å². The van der Waals surface area contributed by atoms with Crippen molar-refractivity contribution in [3.8, 4) is 39.6 Å². The van der Waals surface area contributed by atoms with E-state index in [1.807, 2.05) is 24.3 Å². The molecule has 0 amide bonds. The molecule has 9 aromatic rings. The second-order valence-electron chi connectivity index (χ2n) is 14.2. The van der Waals surface area contributed by atoms with Gasteiger partial charge in [-0.3, -0.25) is 4.57 Å². The standard InChI is InChI=1S/C46H37N4O.Pt/c1-29-15-9-10-18-34(29)37-27-31(46(2,3)4)28-40(47-37)50-39-22-14-12-20-36(39)43-41(30-23-25-33(51-5)26-24-30)42-35-19-11-13-21-38(35)49(44(42)48-45(43)50)32-16-7-6-8-17-32;/h6-16,18-28H,1-5H3;/q-1;. The van der Waals surface area contributed by atoms with Crippen LogP contribution >= 0.6 is 0 Å². The number of benzene rings is 5. The molecule has 0 bridgehead atoms. The van der Waals surface area contributed by atoms with E-state index in [9.17, 15) is 0 Å². The molecule has 258 valence electrons. The zero-order valence-corrected chi connectivity index (χ0v) is 32.0. The van der Waals surface area contributed by atoms with Gasteiger partial charge >= 0.3 is 0 Å². The normalized spacial score (nSPS) is 11.8. The van der Waals surface area contributed by atoms with Gasteiger partial charge in [-0.25, -0.2) is 9.97 Å². The van der Waals surface area contributed by atoms with Crippen LogP contribution in [0.5, 0.6) is 5.75 Å². The number of rotatable bonds is 5. The number of fused-ring (bicyclic) bond motifs is 6. The van der Waals surface area contributed by atoms with Crippen LogP contribution in [-0.2, 0) is 26.5 Å². The van der Waals surface area contributed by atoms with Crippen LogP contribution in [0.3, 0.4) is 0 Å². The zero-order valence-electron chi connectivity index (χ0n) is 29.7. The van der Waals surface area contributed by atoms with Crippen LogP contribution < -0.4 is 4.74 Å². The maximum atomic E-state index is 5.68. The number of pyridine rings is 2. The van der Waals surface area contributed by atoms with Crippen molar-refractivity contribution in [3.05, 3.63) is 151 Å². The van der Waals surface area contributed by atoms with E-state index in [1.54, 1.807) is 7.11 Å². The molecule has 0 unspecified atom stereocenters. The third kappa shape index (κ3) is 5.34. The fraction of sp³-hybridized carbons (Fsp3) is 0.130. The summed E-state index contributed by atoms with van der Waals surface area (Å²) in [6.45, 7) is 8.94. The van der Waals surface area contributed by atoms with Gasteiger partial charge in [0.25, 0.3) is 0 Å². The molecule has 0 aliphatic heterocycles. The molecule has 0 N–H and O–H groups in total. The summed E-state index contributed by atoms with van der Waals surface area (Å²) in [6, 6.07) is 50.2. The Bertz CT molecular complexity index is 2770. The zero-order chi connectivity index (χ0) is 34.9. The molecule has 6 heteroatoms. The van der Waals surface area contributed by atoms with Gasteiger partial charge < -0.3 is 9.30 Å². The number of para-hydroxylation sites is 3. The van der Waals surface area contributed by atoms with Gasteiger partial charge in [-0.1, -0.05) is 99.3 Å². The number of methoxy groups -OCH3 is 1. The number of aryl methyl sites for hydroxylation is 1. The van der Waals surface area contributed by atoms with Crippen LogP contribution in [-0.4, -0.2) is 26.2 Å². The van der Waals surface area contributed by atoms with Crippen molar-refractivity contribution in [3.63, 3.8) is 0 Å². The number of aromatic nitrogens is 4. The Morgan fingerprint density at radius 1 is 0.654 bits per heavy atom. The van der Waals surface area contributed by atoms with Crippen molar-refractivity contribution in [2.45, 2.75) is 33.1 Å². The Morgan fingerprint density at radius 2 is 1.27 bits per heavy atom. The second-order valence-corrected chi connectivity index (χ2v) is 14.2. The number of hydrogen-bond acceptors (Lipinski definition) is 3. The van der Waals surface area contributed by atoms with Gasteiger partial charge in [0.2, 0.25) is 0 Å². The molecule has 9 rings (SSSR count). The van der Waals surface area contributed by atoms with E-state index in [0.29, 0.717) is 0 Å². The Balaban J connectivity index is 0.00000387. The third-order valence-electron chi connectivity index (χ3n) is 10.1. The van der Waals surface area contributed by atoms with Crippen molar-refractivity contribution in [1.82, 2.24) is 19.1 Å². The summed E-state index contributed by atoms with van der Waals surface area (Å²) >= 11 is 0. The summed E-state index contributed by atoms with van der Waals surface area (Å²) in [6.07, 6.45) is 0. The number of nitrogens with zero attached hydrogens (tertiary/aromatic N) is 4. The first-order chi connectivity index (χ1) is 24.8. The molecule has 0 radical (unpaired) electrons. The maximum Gasteiger partial charge on any atom is 0.149 e. The smallest absolute Gasteiger partial charge is 0.149 e. The summed E-state index contributed by atoms with van der Waals surface area (Å²) in [7, 11) is 1.71. The Kier molecular flexibility index (Phi) is 8.35. The van der Waals surface area contributed by atoms with Gasteiger partial charge in [0, 0.05) is 53.7 Å². The molecule has 5 aromatic carbocycles. The predicted molar refractivity (Wildman–Crippen MR) is 210 cm³/mol. The minimum absolute atomic E-state index is 0. The topological polar surface area (TPSA) is 44.9 Å². The molecular formula is C46H37N4OPt-. The van der Waals surface area contributed by atoms with E-state index in [2.05, 4.69) is 152 Å². The third-order valence-corrected chi connectivity index (χ3v) is 10.1. The van der Waals surface area contributed by atoms with Crippen molar-refractivity contribution in [2.24, 2.45) is 0 Å². The number of ether oxygens (including phenoxy) is 1. The van der Waals surface area contributed by atoms with Gasteiger partial charge in [-0.2, -0.15) is 24.3 Å². The molecule has 52 heavy (non-hydrogen) atoms. The average Bonchev–Trinajstić information content (AvgIpc) is 3.66. The van der Waals surface area contributed by atoms with Gasteiger partial charge in [0.15, 0.2) is 0 Å². The first kappa shape index (κ1) is 33.6.